The molecule has 0 saturated carbocycles. The molecular weight excluding hydrogens is 318 g/mol. The normalized spacial score (nSPS) is 9.83. The molecule has 4 nitrogen and oxygen atoms in total. The Kier molecular flexibility index (Phi) is 3.70. The van der Waals surface area contributed by atoms with Crippen molar-refractivity contribution in [2.45, 2.75) is 0 Å². The second-order valence-corrected chi connectivity index (χ2v) is 4.69. The van der Waals surface area contributed by atoms with Gasteiger partial charge in [-0.05, 0) is 24.3 Å². The van der Waals surface area contributed by atoms with Crippen molar-refractivity contribution < 1.29 is 4.74 Å². The van der Waals surface area contributed by atoms with Gasteiger partial charge in [0.2, 0.25) is 5.88 Å². The van der Waals surface area contributed by atoms with Crippen molar-refractivity contribution in [2.75, 3.05) is 5.73 Å². The maximum atomic E-state index is 8.86. The van der Waals surface area contributed by atoms with Gasteiger partial charge in [0.05, 0.1) is 10.6 Å². The molecule has 0 spiro atoms. The topological polar surface area (TPSA) is 71.9 Å². The van der Waals surface area contributed by atoms with Gasteiger partial charge in [-0.15, -0.1) is 0 Å². The highest BCUT2D eigenvalue weighted by atomic mass is 79.9. The van der Waals surface area contributed by atoms with Crippen LogP contribution in [0, 0.1) is 11.3 Å². The fourth-order valence-electron chi connectivity index (χ4n) is 1.29. The highest BCUT2D eigenvalue weighted by molar-refractivity contribution is 9.10. The second-order valence-electron chi connectivity index (χ2n) is 3.37. The van der Waals surface area contributed by atoms with Crippen LogP contribution in [-0.4, -0.2) is 4.98 Å². The molecule has 6 heteroatoms. The van der Waals surface area contributed by atoms with E-state index < -0.39 is 0 Å². The average Bonchev–Trinajstić information content (AvgIpc) is 2.36. The lowest BCUT2D eigenvalue weighted by Gasteiger charge is -2.09. The number of ether oxygens (including phenoxy) is 1. The van der Waals surface area contributed by atoms with Gasteiger partial charge < -0.3 is 10.5 Å². The predicted octanol–water partition coefficient (Wildman–Crippen LogP) is 3.74. The van der Waals surface area contributed by atoms with Crippen molar-refractivity contribution in [2.24, 2.45) is 0 Å². The minimum absolute atomic E-state index is 0.161. The van der Waals surface area contributed by atoms with Crippen LogP contribution in [0.1, 0.15) is 5.56 Å². The minimum Gasteiger partial charge on any atom is -0.435 e. The van der Waals surface area contributed by atoms with Crippen LogP contribution in [-0.2, 0) is 0 Å². The summed E-state index contributed by atoms with van der Waals surface area (Å²) in [4.78, 5) is 3.98. The van der Waals surface area contributed by atoms with Crippen LogP contribution in [0.5, 0.6) is 11.6 Å². The monoisotopic (exact) mass is 323 g/mol. The maximum absolute atomic E-state index is 8.86. The Morgan fingerprint density at radius 2 is 2.17 bits per heavy atom. The van der Waals surface area contributed by atoms with Gasteiger partial charge in [0.1, 0.15) is 17.5 Å². The summed E-state index contributed by atoms with van der Waals surface area (Å²) in [5.41, 5.74) is 6.27. The first-order valence-corrected chi connectivity index (χ1v) is 6.06. The van der Waals surface area contributed by atoms with E-state index in [1.807, 2.05) is 6.07 Å². The number of nitriles is 1. The number of benzene rings is 1. The van der Waals surface area contributed by atoms with Crippen molar-refractivity contribution in [1.82, 2.24) is 4.98 Å². The van der Waals surface area contributed by atoms with E-state index in [1.54, 1.807) is 18.2 Å². The molecule has 2 aromatic rings. The van der Waals surface area contributed by atoms with Gasteiger partial charge in [-0.1, -0.05) is 27.5 Å². The molecule has 0 aliphatic heterocycles. The number of hydrogen-bond donors (Lipinski definition) is 1. The Balaban J connectivity index is 2.41. The van der Waals surface area contributed by atoms with E-state index in [4.69, 9.17) is 27.3 Å². The average molecular weight is 325 g/mol. The smallest absolute Gasteiger partial charge is 0.244 e. The first-order valence-electron chi connectivity index (χ1n) is 4.89. The summed E-state index contributed by atoms with van der Waals surface area (Å²) in [6.45, 7) is 0. The number of hydrogen-bond acceptors (Lipinski definition) is 4. The zero-order valence-electron chi connectivity index (χ0n) is 9.02. The number of anilines is 1. The largest absolute Gasteiger partial charge is 0.435 e. The molecule has 0 unspecified atom stereocenters. The quantitative estimate of drug-likeness (QED) is 0.913. The molecule has 0 amide bonds. The third-order valence-electron chi connectivity index (χ3n) is 2.17. The molecule has 0 saturated heterocycles. The maximum Gasteiger partial charge on any atom is 0.244 e. The Morgan fingerprint density at radius 3 is 2.89 bits per heavy atom. The van der Waals surface area contributed by atoms with Crippen LogP contribution in [0.25, 0.3) is 0 Å². The zero-order chi connectivity index (χ0) is 13.1. The van der Waals surface area contributed by atoms with Crippen LogP contribution in [0.15, 0.2) is 34.9 Å². The second kappa shape index (κ2) is 5.25. The zero-order valence-corrected chi connectivity index (χ0v) is 11.4. The third kappa shape index (κ3) is 2.55. The number of nitrogens with two attached hydrogens (primary N) is 1. The first kappa shape index (κ1) is 12.7. The summed E-state index contributed by atoms with van der Waals surface area (Å²) < 4.78 is 6.33. The molecule has 90 valence electrons. The van der Waals surface area contributed by atoms with Crippen molar-refractivity contribution in [3.8, 4) is 17.7 Å². The van der Waals surface area contributed by atoms with E-state index in [1.165, 1.54) is 12.3 Å². The first-order chi connectivity index (χ1) is 8.61. The van der Waals surface area contributed by atoms with Gasteiger partial charge in [0.15, 0.2) is 0 Å². The lowest BCUT2D eigenvalue weighted by Crippen LogP contribution is -1.98. The van der Waals surface area contributed by atoms with Gasteiger partial charge in [-0.2, -0.15) is 5.26 Å². The molecule has 2 rings (SSSR count). The summed E-state index contributed by atoms with van der Waals surface area (Å²) in [7, 11) is 0. The third-order valence-corrected chi connectivity index (χ3v) is 2.98. The molecule has 0 aliphatic carbocycles. The highest BCUT2D eigenvalue weighted by Crippen LogP contribution is 2.33. The van der Waals surface area contributed by atoms with Gasteiger partial charge in [0.25, 0.3) is 0 Å². The van der Waals surface area contributed by atoms with Crippen LogP contribution in [0.3, 0.4) is 0 Å². The molecule has 0 fully saturated rings. The number of nitrogens with zero attached hydrogens (tertiary/aromatic N) is 2. The van der Waals surface area contributed by atoms with Crippen LogP contribution in [0.2, 0.25) is 5.02 Å². The van der Waals surface area contributed by atoms with Gasteiger partial charge >= 0.3 is 0 Å². The molecule has 0 aliphatic rings. The van der Waals surface area contributed by atoms with E-state index in [9.17, 15) is 0 Å². The minimum atomic E-state index is 0.161. The summed E-state index contributed by atoms with van der Waals surface area (Å²) in [5, 5.41) is 9.29. The van der Waals surface area contributed by atoms with Gasteiger partial charge in [0, 0.05) is 10.7 Å². The molecular formula is C12H7BrClN3O. The van der Waals surface area contributed by atoms with Crippen molar-refractivity contribution in [3.05, 3.63) is 45.5 Å². The Bertz CT molecular complexity index is 640. The fraction of sp³-hybridized carbons (Fsp3) is 0. The number of halogens is 2. The molecule has 0 bridgehead atoms. The number of pyridine rings is 1. The Labute approximate surface area is 117 Å². The van der Waals surface area contributed by atoms with Crippen molar-refractivity contribution >= 4 is 33.2 Å². The van der Waals surface area contributed by atoms with E-state index in [2.05, 4.69) is 20.9 Å². The standard InChI is InChI=1S/C12H7BrClN3O/c13-8-1-2-9(14)10(5-8)18-12-11(16)7(6-15)3-4-17-12/h1-5H,16H2. The summed E-state index contributed by atoms with van der Waals surface area (Å²) in [6.07, 6.45) is 1.45. The predicted molar refractivity (Wildman–Crippen MR) is 72.6 cm³/mol. The van der Waals surface area contributed by atoms with E-state index in [0.29, 0.717) is 16.3 Å². The van der Waals surface area contributed by atoms with Gasteiger partial charge in [-0.3, -0.25) is 0 Å². The fourth-order valence-corrected chi connectivity index (χ4v) is 1.79. The summed E-state index contributed by atoms with van der Waals surface area (Å²) in [5.74, 6) is 0.578. The molecule has 1 aromatic heterocycles. The molecule has 1 aromatic carbocycles. The van der Waals surface area contributed by atoms with E-state index in [-0.39, 0.29) is 11.6 Å². The molecule has 1 heterocycles. The molecule has 18 heavy (non-hydrogen) atoms. The number of aromatic nitrogens is 1. The van der Waals surface area contributed by atoms with Crippen molar-refractivity contribution in [1.29, 1.82) is 5.26 Å². The van der Waals surface area contributed by atoms with Gasteiger partial charge in [-0.25, -0.2) is 4.98 Å². The highest BCUT2D eigenvalue weighted by Gasteiger charge is 2.10. The summed E-state index contributed by atoms with van der Waals surface area (Å²) >= 11 is 9.31. The summed E-state index contributed by atoms with van der Waals surface area (Å²) in [6, 6.07) is 8.65. The van der Waals surface area contributed by atoms with Crippen LogP contribution in [0.4, 0.5) is 5.69 Å². The number of nitrogen functional groups attached to an aromatic ring is 1. The lowest BCUT2D eigenvalue weighted by atomic mass is 10.2. The molecule has 0 atom stereocenters. The van der Waals surface area contributed by atoms with Crippen LogP contribution >= 0.6 is 27.5 Å². The molecule has 2 N–H and O–H groups in total. The van der Waals surface area contributed by atoms with Crippen LogP contribution < -0.4 is 10.5 Å². The Hall–Kier alpha value is -1.77. The van der Waals surface area contributed by atoms with E-state index in [0.717, 1.165) is 4.47 Å². The van der Waals surface area contributed by atoms with E-state index >= 15 is 0 Å². The van der Waals surface area contributed by atoms with Crippen molar-refractivity contribution in [3.63, 3.8) is 0 Å². The Morgan fingerprint density at radius 1 is 1.39 bits per heavy atom. The lowest BCUT2D eigenvalue weighted by molar-refractivity contribution is 0.465. The SMILES string of the molecule is N#Cc1ccnc(Oc2cc(Br)ccc2Cl)c1N. The molecule has 0 radical (unpaired) electrons. The number of rotatable bonds is 2.